The Morgan fingerprint density at radius 3 is 2.12 bits per heavy atom. The summed E-state index contributed by atoms with van der Waals surface area (Å²) in [5.74, 6) is -0.174. The van der Waals surface area contributed by atoms with Gasteiger partial charge in [-0.2, -0.15) is 0 Å². The minimum atomic E-state index is -4.60. The topological polar surface area (TPSA) is 198 Å². The summed E-state index contributed by atoms with van der Waals surface area (Å²) in [5.41, 5.74) is 5.93. The summed E-state index contributed by atoms with van der Waals surface area (Å²) in [6.07, 6.45) is -0.889. The molecule has 0 radical (unpaired) electrons. The summed E-state index contributed by atoms with van der Waals surface area (Å²) < 4.78 is 33.2. The van der Waals surface area contributed by atoms with Crippen molar-refractivity contribution in [3.8, 4) is 0 Å². The van der Waals surface area contributed by atoms with E-state index in [-0.39, 0.29) is 56.1 Å². The highest BCUT2D eigenvalue weighted by molar-refractivity contribution is 7.47. The number of esters is 2. The van der Waals surface area contributed by atoms with Gasteiger partial charge in [-0.05, 0) is 53.5 Å². The zero-order valence-electron chi connectivity index (χ0n) is 29.8. The fraction of sp³-hybridized carbons (Fsp3) is 0.588. The smallest absolute Gasteiger partial charge is 0.461 e. The number of nitrogens with two attached hydrogens (primary N) is 1. The first-order valence-electron chi connectivity index (χ1n) is 16.1. The van der Waals surface area contributed by atoms with Gasteiger partial charge in [-0.3, -0.25) is 33.1 Å². The fourth-order valence-corrected chi connectivity index (χ4v) is 5.11. The first-order chi connectivity index (χ1) is 22.5. The van der Waals surface area contributed by atoms with Crippen LogP contribution in [0.3, 0.4) is 0 Å². The third-order valence-electron chi connectivity index (χ3n) is 7.31. The van der Waals surface area contributed by atoms with Gasteiger partial charge in [0.1, 0.15) is 24.1 Å². The number of ether oxygens (including phenoxy) is 2. The highest BCUT2D eigenvalue weighted by atomic mass is 31.2. The van der Waals surface area contributed by atoms with Crippen molar-refractivity contribution in [3.63, 3.8) is 0 Å². The normalized spacial score (nSPS) is 15.4. The molecule has 14 nitrogen and oxygen atoms in total. The van der Waals surface area contributed by atoms with Gasteiger partial charge in [-0.1, -0.05) is 45.0 Å². The molecule has 1 aliphatic rings. The Hall–Kier alpha value is -3.71. The monoisotopic (exact) mass is 704 g/mol. The second-order valence-corrected chi connectivity index (χ2v) is 16.5. The Morgan fingerprint density at radius 1 is 0.939 bits per heavy atom. The number of carbonyl (C=O) groups excluding carboxylic acids is 4. The molecule has 0 saturated carbocycles. The van der Waals surface area contributed by atoms with Crippen LogP contribution in [0.25, 0.3) is 0 Å². The van der Waals surface area contributed by atoms with Gasteiger partial charge in [0.05, 0.1) is 37.0 Å². The lowest BCUT2D eigenvalue weighted by Crippen LogP contribution is -2.35. The maximum absolute atomic E-state index is 12.8. The molecule has 270 valence electrons. The van der Waals surface area contributed by atoms with E-state index < -0.39 is 43.3 Å². The zero-order chi connectivity index (χ0) is 36.9. The van der Waals surface area contributed by atoms with Gasteiger partial charge in [-0.15, -0.1) is 0 Å². The second kappa shape index (κ2) is 15.5. The van der Waals surface area contributed by atoms with Crippen molar-refractivity contribution >= 4 is 43.1 Å². The predicted molar refractivity (Wildman–Crippen MR) is 182 cm³/mol. The van der Waals surface area contributed by atoms with Gasteiger partial charge in [0.2, 0.25) is 5.91 Å². The summed E-state index contributed by atoms with van der Waals surface area (Å²) >= 11 is 0. The van der Waals surface area contributed by atoms with Gasteiger partial charge in [0.15, 0.2) is 11.9 Å². The number of phosphoric acid groups is 1. The first kappa shape index (κ1) is 39.7. The van der Waals surface area contributed by atoms with Crippen LogP contribution >= 0.6 is 7.82 Å². The molecule has 2 unspecified atom stereocenters. The van der Waals surface area contributed by atoms with E-state index in [0.29, 0.717) is 28.6 Å². The molecule has 2 atom stereocenters. The number of anilines is 2. The number of amides is 1. The van der Waals surface area contributed by atoms with Crippen LogP contribution in [0.15, 0.2) is 24.3 Å². The molecule has 0 fully saturated rings. The van der Waals surface area contributed by atoms with Crippen molar-refractivity contribution in [2.75, 3.05) is 30.5 Å². The van der Waals surface area contributed by atoms with E-state index in [1.807, 2.05) is 20.8 Å². The molecule has 3 rings (SSSR count). The van der Waals surface area contributed by atoms with Crippen LogP contribution in [0, 0.1) is 10.8 Å². The van der Waals surface area contributed by atoms with Crippen molar-refractivity contribution in [2.24, 2.45) is 10.8 Å². The number of nitrogens with zero attached hydrogens (tertiary/aromatic N) is 3. The molecular formula is C34H49N4O10P. The van der Waals surface area contributed by atoms with Crippen LogP contribution in [-0.2, 0) is 55.9 Å². The molecule has 1 aromatic carbocycles. The van der Waals surface area contributed by atoms with Crippen LogP contribution in [-0.4, -0.2) is 64.4 Å². The Balaban J connectivity index is 1.51. The average Bonchev–Trinajstić information content (AvgIpc) is 3.30. The minimum Gasteiger partial charge on any atom is -0.461 e. The summed E-state index contributed by atoms with van der Waals surface area (Å²) in [4.78, 5) is 71.0. The number of hydrogen-bond acceptors (Lipinski definition) is 12. The molecule has 15 heteroatoms. The predicted octanol–water partition coefficient (Wildman–Crippen LogP) is 5.09. The zero-order valence-corrected chi connectivity index (χ0v) is 30.7. The lowest BCUT2D eigenvalue weighted by Gasteiger charge is -2.25. The van der Waals surface area contributed by atoms with Gasteiger partial charge in [0, 0.05) is 23.0 Å². The van der Waals surface area contributed by atoms with Crippen LogP contribution in [0.2, 0.25) is 0 Å². The molecule has 3 N–H and O–H groups in total. The molecule has 0 saturated heterocycles. The lowest BCUT2D eigenvalue weighted by atomic mass is 9.95. The number of nitrogen functional groups attached to an aromatic ring is 1. The number of aromatic nitrogens is 2. The van der Waals surface area contributed by atoms with E-state index >= 15 is 0 Å². The Bertz CT molecular complexity index is 1590. The molecular weight excluding hydrogens is 655 g/mol. The highest BCUT2D eigenvalue weighted by Gasteiger charge is 2.34. The Labute approximate surface area is 287 Å². The molecule has 2 heterocycles. The van der Waals surface area contributed by atoms with E-state index in [0.717, 1.165) is 5.56 Å². The molecule has 0 aliphatic carbocycles. The number of rotatable bonds is 14. The van der Waals surface area contributed by atoms with Crippen molar-refractivity contribution in [3.05, 3.63) is 46.8 Å². The quantitative estimate of drug-likeness (QED) is 0.114. The van der Waals surface area contributed by atoms with Gasteiger partial charge >= 0.3 is 19.8 Å². The van der Waals surface area contributed by atoms with E-state index in [4.69, 9.17) is 24.3 Å². The van der Waals surface area contributed by atoms with Crippen molar-refractivity contribution in [1.29, 1.82) is 0 Å². The maximum Gasteiger partial charge on any atom is 0.472 e. The third kappa shape index (κ3) is 11.4. The van der Waals surface area contributed by atoms with E-state index in [9.17, 15) is 28.6 Å². The fourth-order valence-electron chi connectivity index (χ4n) is 4.32. The van der Waals surface area contributed by atoms with Crippen molar-refractivity contribution in [1.82, 2.24) is 9.97 Å². The van der Waals surface area contributed by atoms with Crippen molar-refractivity contribution < 1.29 is 47.2 Å². The van der Waals surface area contributed by atoms with Gasteiger partial charge in [-0.25, -0.2) is 14.5 Å². The van der Waals surface area contributed by atoms with E-state index in [1.54, 1.807) is 70.7 Å². The third-order valence-corrected chi connectivity index (χ3v) is 8.30. The number of phosphoric ester groups is 1. The lowest BCUT2D eigenvalue weighted by molar-refractivity contribution is -0.171. The minimum absolute atomic E-state index is 0.0255. The first-order valence-corrected chi connectivity index (χ1v) is 17.6. The van der Waals surface area contributed by atoms with Crippen LogP contribution in [0.4, 0.5) is 11.6 Å². The summed E-state index contributed by atoms with van der Waals surface area (Å²) in [5, 5.41) is 0. The molecule has 1 aromatic heterocycles. The highest BCUT2D eigenvalue weighted by Crippen LogP contribution is 2.43. The van der Waals surface area contributed by atoms with Crippen LogP contribution < -0.4 is 10.6 Å². The van der Waals surface area contributed by atoms with Crippen molar-refractivity contribution in [2.45, 2.75) is 99.6 Å². The van der Waals surface area contributed by atoms with E-state index in [1.165, 1.54) is 0 Å². The molecule has 0 bridgehead atoms. The average molecular weight is 705 g/mol. The largest absolute Gasteiger partial charge is 0.472 e. The summed E-state index contributed by atoms with van der Waals surface area (Å²) in [6, 6.07) is 6.81. The van der Waals surface area contributed by atoms with Gasteiger partial charge in [0.25, 0.3) is 0 Å². The molecule has 1 amide bonds. The standard InChI is InChI=1S/C34H49N4O10P/c1-32(2,3)29-36-27(35)24-17-26(40)38(28(24)37-29)18-21-12-14-22(15-13-21)25(39)11-10-16-46-49(43,44)47-20-23(48-31(42)34(7,8)9)19-45-30(41)33(4,5)6/h12-15,23H,10-11,16-20H2,1-9H3,(H,43,44)(H2,35,36,37). The number of hydrogen-bond donors (Lipinski definition) is 2. The number of benzene rings is 1. The maximum atomic E-state index is 12.8. The van der Waals surface area contributed by atoms with Gasteiger partial charge < -0.3 is 20.1 Å². The number of fused-ring (bicyclic) bond motifs is 1. The number of ketones is 1. The number of Topliss-reactive ketones (excluding diaryl/α,β-unsaturated/α-hetero) is 1. The Kier molecular flexibility index (Phi) is 12.5. The second-order valence-electron chi connectivity index (χ2n) is 15.1. The molecule has 1 aliphatic heterocycles. The molecule has 2 aromatic rings. The Morgan fingerprint density at radius 2 is 1.55 bits per heavy atom. The van der Waals surface area contributed by atoms with E-state index in [2.05, 4.69) is 9.97 Å². The molecule has 0 spiro atoms. The van der Waals surface area contributed by atoms with Crippen LogP contribution in [0.1, 0.15) is 102 Å². The molecule has 49 heavy (non-hydrogen) atoms. The SMILES string of the molecule is CC(C)(C)C(=O)OCC(COP(=O)(O)OCCCC(=O)c1ccc(CN2C(=O)Cc3c(N)nc(C(C)(C)C)nc32)cc1)OC(=O)C(C)(C)C. The summed E-state index contributed by atoms with van der Waals surface area (Å²) in [6.45, 7) is 14.8. The summed E-state index contributed by atoms with van der Waals surface area (Å²) in [7, 11) is -4.60. The number of carbonyl (C=O) groups is 4. The van der Waals surface area contributed by atoms with Crippen LogP contribution in [0.5, 0.6) is 0 Å².